The third-order valence-corrected chi connectivity index (χ3v) is 4.42. The van der Waals surface area contributed by atoms with Crippen molar-refractivity contribution in [2.24, 2.45) is 0 Å². The van der Waals surface area contributed by atoms with E-state index in [9.17, 15) is 10.2 Å². The summed E-state index contributed by atoms with van der Waals surface area (Å²) >= 11 is 0. The monoisotopic (exact) mass is 398 g/mol. The number of aliphatic hydroxyl groups is 1. The van der Waals surface area contributed by atoms with Crippen molar-refractivity contribution in [1.29, 1.82) is 0 Å². The molecule has 9 heteroatoms. The molecule has 0 aromatic carbocycles. The minimum Gasteiger partial charge on any atom is -0.493 e. The SMILES string of the molecule is COc1cc(-c2cnn(-c3ccc(C(O)NCCCN(C)C)cn3)c2O)ccn1. The molecule has 3 heterocycles. The van der Waals surface area contributed by atoms with Crippen molar-refractivity contribution in [3.05, 3.63) is 48.4 Å². The molecule has 3 aromatic rings. The zero-order valence-corrected chi connectivity index (χ0v) is 16.8. The summed E-state index contributed by atoms with van der Waals surface area (Å²) < 4.78 is 6.46. The Morgan fingerprint density at radius 1 is 1.21 bits per heavy atom. The molecule has 0 fully saturated rings. The maximum atomic E-state index is 10.6. The molecule has 0 bridgehead atoms. The third-order valence-electron chi connectivity index (χ3n) is 4.42. The summed E-state index contributed by atoms with van der Waals surface area (Å²) in [6.07, 6.45) is 4.85. The second-order valence-electron chi connectivity index (χ2n) is 6.84. The van der Waals surface area contributed by atoms with Crippen molar-refractivity contribution in [1.82, 2.24) is 30.0 Å². The van der Waals surface area contributed by atoms with Gasteiger partial charge in [0.2, 0.25) is 11.8 Å². The fraction of sp³-hybridized carbons (Fsp3) is 0.350. The molecule has 0 aliphatic rings. The van der Waals surface area contributed by atoms with Gasteiger partial charge < -0.3 is 19.8 Å². The minimum atomic E-state index is -0.801. The van der Waals surface area contributed by atoms with Gasteiger partial charge in [0, 0.05) is 24.0 Å². The number of nitrogens with one attached hydrogen (secondary N) is 1. The smallest absolute Gasteiger partial charge is 0.223 e. The molecular formula is C20H26N6O3. The average Bonchev–Trinajstić information content (AvgIpc) is 3.12. The van der Waals surface area contributed by atoms with Crippen LogP contribution < -0.4 is 10.1 Å². The van der Waals surface area contributed by atoms with E-state index >= 15 is 0 Å². The van der Waals surface area contributed by atoms with Crippen LogP contribution in [0.5, 0.6) is 11.8 Å². The number of nitrogens with zero attached hydrogens (tertiary/aromatic N) is 5. The van der Waals surface area contributed by atoms with Crippen molar-refractivity contribution in [3.8, 4) is 28.7 Å². The summed E-state index contributed by atoms with van der Waals surface area (Å²) in [5, 5.41) is 28.1. The van der Waals surface area contributed by atoms with Gasteiger partial charge in [0.25, 0.3) is 0 Å². The first-order valence-corrected chi connectivity index (χ1v) is 9.29. The van der Waals surface area contributed by atoms with Crippen LogP contribution in [0.1, 0.15) is 18.2 Å². The lowest BCUT2D eigenvalue weighted by Gasteiger charge is -2.14. The summed E-state index contributed by atoms with van der Waals surface area (Å²) in [5.74, 6) is 0.850. The van der Waals surface area contributed by atoms with E-state index in [1.807, 2.05) is 14.1 Å². The molecule has 0 saturated heterocycles. The first kappa shape index (κ1) is 20.7. The maximum absolute atomic E-state index is 10.6. The van der Waals surface area contributed by atoms with Gasteiger partial charge in [-0.05, 0) is 57.4 Å². The number of aromatic hydroxyl groups is 1. The van der Waals surface area contributed by atoms with Crippen LogP contribution in [0.15, 0.2) is 42.9 Å². The second kappa shape index (κ2) is 9.46. The Kier molecular flexibility index (Phi) is 6.76. The zero-order valence-electron chi connectivity index (χ0n) is 16.8. The van der Waals surface area contributed by atoms with Crippen molar-refractivity contribution in [2.75, 3.05) is 34.3 Å². The van der Waals surface area contributed by atoms with E-state index in [1.54, 1.807) is 42.9 Å². The van der Waals surface area contributed by atoms with Gasteiger partial charge in [-0.1, -0.05) is 0 Å². The molecule has 3 aromatic heterocycles. The number of pyridine rings is 2. The number of aromatic nitrogens is 4. The zero-order chi connectivity index (χ0) is 20.8. The van der Waals surface area contributed by atoms with Crippen molar-refractivity contribution in [3.63, 3.8) is 0 Å². The lowest BCUT2D eigenvalue weighted by molar-refractivity contribution is 0.137. The quantitative estimate of drug-likeness (QED) is 0.368. The standard InChI is InChI=1S/C20H26N6O3/c1-25(2)10-4-8-22-19(27)15-5-6-17(23-12-15)26-20(28)16(13-24-26)14-7-9-21-18(11-14)29-3/h5-7,9,11-13,19,22,27-28H,4,8,10H2,1-3H3. The molecule has 154 valence electrons. The van der Waals surface area contributed by atoms with Crippen LogP contribution in [0, 0.1) is 0 Å². The average molecular weight is 398 g/mol. The fourth-order valence-corrected chi connectivity index (χ4v) is 2.84. The Labute approximate surface area is 169 Å². The molecule has 0 aliphatic heterocycles. The molecule has 0 amide bonds. The molecule has 0 radical (unpaired) electrons. The van der Waals surface area contributed by atoms with Crippen LogP contribution in [0.4, 0.5) is 0 Å². The molecule has 3 rings (SSSR count). The first-order valence-electron chi connectivity index (χ1n) is 9.29. The molecule has 29 heavy (non-hydrogen) atoms. The number of ether oxygens (including phenoxy) is 1. The van der Waals surface area contributed by atoms with Crippen LogP contribution in [0.25, 0.3) is 16.9 Å². The van der Waals surface area contributed by atoms with Gasteiger partial charge in [-0.25, -0.2) is 9.97 Å². The highest BCUT2D eigenvalue weighted by Gasteiger charge is 2.15. The second-order valence-corrected chi connectivity index (χ2v) is 6.84. The van der Waals surface area contributed by atoms with Gasteiger partial charge in [-0.15, -0.1) is 0 Å². The van der Waals surface area contributed by atoms with Crippen LogP contribution in [-0.2, 0) is 0 Å². The van der Waals surface area contributed by atoms with Gasteiger partial charge in [0.1, 0.15) is 6.23 Å². The number of methoxy groups -OCH3 is 1. The van der Waals surface area contributed by atoms with Crippen molar-refractivity contribution in [2.45, 2.75) is 12.6 Å². The van der Waals surface area contributed by atoms with Crippen LogP contribution >= 0.6 is 0 Å². The van der Waals surface area contributed by atoms with Gasteiger partial charge >= 0.3 is 0 Å². The molecule has 3 N–H and O–H groups in total. The van der Waals surface area contributed by atoms with Gasteiger partial charge in [-0.3, -0.25) is 5.32 Å². The molecule has 0 aliphatic carbocycles. The predicted molar refractivity (Wildman–Crippen MR) is 109 cm³/mol. The topological polar surface area (TPSA) is 109 Å². The van der Waals surface area contributed by atoms with E-state index in [4.69, 9.17) is 4.74 Å². The van der Waals surface area contributed by atoms with E-state index in [0.29, 0.717) is 29.4 Å². The highest BCUT2D eigenvalue weighted by atomic mass is 16.5. The highest BCUT2D eigenvalue weighted by molar-refractivity contribution is 5.69. The van der Waals surface area contributed by atoms with Crippen molar-refractivity contribution < 1.29 is 14.9 Å². The molecular weight excluding hydrogens is 372 g/mol. The summed E-state index contributed by atoms with van der Waals surface area (Å²) in [4.78, 5) is 10.5. The van der Waals surface area contributed by atoms with Crippen molar-refractivity contribution >= 4 is 0 Å². The van der Waals surface area contributed by atoms with Crippen LogP contribution in [-0.4, -0.2) is 69.2 Å². The summed E-state index contributed by atoms with van der Waals surface area (Å²) in [7, 11) is 5.56. The lowest BCUT2D eigenvalue weighted by atomic mass is 10.1. The Morgan fingerprint density at radius 3 is 2.72 bits per heavy atom. The van der Waals surface area contributed by atoms with E-state index in [-0.39, 0.29) is 5.88 Å². The first-order chi connectivity index (χ1) is 14.0. The van der Waals surface area contributed by atoms with E-state index in [1.165, 1.54) is 11.8 Å². The Morgan fingerprint density at radius 2 is 2.03 bits per heavy atom. The highest BCUT2D eigenvalue weighted by Crippen LogP contribution is 2.31. The summed E-state index contributed by atoms with van der Waals surface area (Å²) in [6.45, 7) is 1.64. The number of hydrogen-bond donors (Lipinski definition) is 3. The maximum Gasteiger partial charge on any atom is 0.223 e. The number of hydrogen-bond acceptors (Lipinski definition) is 8. The fourth-order valence-electron chi connectivity index (χ4n) is 2.84. The molecule has 9 nitrogen and oxygen atoms in total. The third kappa shape index (κ3) is 5.08. The van der Waals surface area contributed by atoms with Gasteiger partial charge in [0.05, 0.1) is 18.9 Å². The molecule has 0 saturated carbocycles. The van der Waals surface area contributed by atoms with E-state index < -0.39 is 6.23 Å². The van der Waals surface area contributed by atoms with Gasteiger partial charge in [-0.2, -0.15) is 9.78 Å². The van der Waals surface area contributed by atoms with E-state index in [0.717, 1.165) is 18.5 Å². The minimum absolute atomic E-state index is 0.0409. The van der Waals surface area contributed by atoms with E-state index in [2.05, 4.69) is 25.3 Å². The largest absolute Gasteiger partial charge is 0.493 e. The molecule has 1 unspecified atom stereocenters. The van der Waals surface area contributed by atoms with Gasteiger partial charge in [0.15, 0.2) is 5.82 Å². The molecule has 0 spiro atoms. The Hall–Kier alpha value is -3.01. The summed E-state index contributed by atoms with van der Waals surface area (Å²) in [5.41, 5.74) is 1.91. The summed E-state index contributed by atoms with van der Waals surface area (Å²) in [6, 6.07) is 6.93. The predicted octanol–water partition coefficient (Wildman–Crippen LogP) is 1.58. The lowest BCUT2D eigenvalue weighted by Crippen LogP contribution is -2.25. The molecule has 1 atom stereocenters. The number of rotatable bonds is 9. The Bertz CT molecular complexity index is 926. The normalized spacial score (nSPS) is 12.3. The van der Waals surface area contributed by atoms with Crippen LogP contribution in [0.3, 0.4) is 0 Å². The number of aliphatic hydroxyl groups excluding tert-OH is 1. The van der Waals surface area contributed by atoms with Crippen LogP contribution in [0.2, 0.25) is 0 Å². The Balaban J connectivity index is 1.71.